The predicted molar refractivity (Wildman–Crippen MR) is 69.0 cm³/mol. The maximum absolute atomic E-state index is 11.6. The molecule has 2 rings (SSSR count). The molecule has 0 N–H and O–H groups in total. The Morgan fingerprint density at radius 2 is 1.70 bits per heavy atom. The van der Waals surface area contributed by atoms with Gasteiger partial charge in [-0.25, -0.2) is 0 Å². The number of carbonyl (C=O) groups excluding carboxylic acids is 2. The number of rotatable bonds is 10. The molecule has 3 unspecified atom stereocenters. The number of unbranched alkanes of at least 4 members (excludes halogenated alkanes) is 1. The highest BCUT2D eigenvalue weighted by Crippen LogP contribution is 2.15. The molecule has 3 atom stereocenters. The van der Waals surface area contributed by atoms with Crippen molar-refractivity contribution in [3.05, 3.63) is 0 Å². The molecule has 0 radical (unpaired) electrons. The SMILES string of the molecule is CC(CCCCC(=O)OCC1CO1)C(=O)OCC1CO1. The molecule has 2 heterocycles. The van der Waals surface area contributed by atoms with Gasteiger partial charge >= 0.3 is 11.9 Å². The molecule has 0 bridgehead atoms. The Balaban J connectivity index is 1.43. The third-order valence-electron chi connectivity index (χ3n) is 3.32. The van der Waals surface area contributed by atoms with Crippen LogP contribution in [0.1, 0.15) is 32.6 Å². The molecule has 6 nitrogen and oxygen atoms in total. The van der Waals surface area contributed by atoms with Gasteiger partial charge in [0.15, 0.2) is 0 Å². The van der Waals surface area contributed by atoms with E-state index in [1.54, 1.807) is 0 Å². The molecule has 0 aromatic heterocycles. The molecule has 0 aromatic carbocycles. The molecule has 0 aromatic rings. The van der Waals surface area contributed by atoms with Crippen molar-refractivity contribution >= 4 is 11.9 Å². The lowest BCUT2D eigenvalue weighted by Gasteiger charge is -2.10. The molecule has 2 aliphatic rings. The summed E-state index contributed by atoms with van der Waals surface area (Å²) in [7, 11) is 0. The zero-order chi connectivity index (χ0) is 14.4. The summed E-state index contributed by atoms with van der Waals surface area (Å²) in [5.41, 5.74) is 0. The zero-order valence-corrected chi connectivity index (χ0v) is 11.8. The lowest BCUT2D eigenvalue weighted by molar-refractivity contribution is -0.148. The molecule has 114 valence electrons. The first-order valence-electron chi connectivity index (χ1n) is 7.20. The number of carbonyl (C=O) groups is 2. The van der Waals surface area contributed by atoms with E-state index in [1.807, 2.05) is 6.92 Å². The Kier molecular flexibility index (Phi) is 5.79. The van der Waals surface area contributed by atoms with Crippen LogP contribution in [0.25, 0.3) is 0 Å². The molecule has 0 amide bonds. The molecular formula is C14H22O6. The summed E-state index contributed by atoms with van der Waals surface area (Å²) in [5.74, 6) is -0.514. The van der Waals surface area contributed by atoms with E-state index < -0.39 is 0 Å². The van der Waals surface area contributed by atoms with Gasteiger partial charge in [-0.05, 0) is 12.8 Å². The quantitative estimate of drug-likeness (QED) is 0.339. The Morgan fingerprint density at radius 3 is 2.30 bits per heavy atom. The van der Waals surface area contributed by atoms with Crippen LogP contribution < -0.4 is 0 Å². The van der Waals surface area contributed by atoms with Crippen molar-refractivity contribution in [2.45, 2.75) is 44.8 Å². The number of ether oxygens (including phenoxy) is 4. The molecule has 2 aliphatic heterocycles. The van der Waals surface area contributed by atoms with Gasteiger partial charge in [0.25, 0.3) is 0 Å². The second kappa shape index (κ2) is 7.59. The average Bonchev–Trinajstić information content (AvgIpc) is 3.31. The second-order valence-corrected chi connectivity index (χ2v) is 5.37. The molecule has 2 saturated heterocycles. The van der Waals surface area contributed by atoms with E-state index in [0.29, 0.717) is 32.8 Å². The minimum Gasteiger partial charge on any atom is -0.463 e. The number of epoxide rings is 2. The van der Waals surface area contributed by atoms with E-state index in [1.165, 1.54) is 0 Å². The third kappa shape index (κ3) is 6.34. The maximum Gasteiger partial charge on any atom is 0.308 e. The summed E-state index contributed by atoms with van der Waals surface area (Å²) in [4.78, 5) is 23.0. The normalized spacial score (nSPS) is 24.9. The van der Waals surface area contributed by atoms with Crippen molar-refractivity contribution in [1.29, 1.82) is 0 Å². The summed E-state index contributed by atoms with van der Waals surface area (Å²) in [6.45, 7) is 3.96. The maximum atomic E-state index is 11.6. The van der Waals surface area contributed by atoms with E-state index in [-0.39, 0.29) is 30.1 Å². The van der Waals surface area contributed by atoms with Crippen molar-refractivity contribution in [1.82, 2.24) is 0 Å². The summed E-state index contributed by atoms with van der Waals surface area (Å²) in [5, 5.41) is 0. The van der Waals surface area contributed by atoms with Gasteiger partial charge in [0, 0.05) is 6.42 Å². The Hall–Kier alpha value is -1.14. The Bertz CT molecular complexity index is 335. The largest absolute Gasteiger partial charge is 0.463 e. The van der Waals surface area contributed by atoms with Crippen molar-refractivity contribution in [3.63, 3.8) is 0 Å². The fourth-order valence-corrected chi connectivity index (χ4v) is 1.74. The smallest absolute Gasteiger partial charge is 0.308 e. The fourth-order valence-electron chi connectivity index (χ4n) is 1.74. The minimum atomic E-state index is -0.193. The number of hydrogen-bond acceptors (Lipinski definition) is 6. The number of esters is 2. The summed E-state index contributed by atoms with van der Waals surface area (Å²) >= 11 is 0. The van der Waals surface area contributed by atoms with Gasteiger partial charge in [0.2, 0.25) is 0 Å². The van der Waals surface area contributed by atoms with Crippen molar-refractivity contribution < 1.29 is 28.5 Å². The second-order valence-electron chi connectivity index (χ2n) is 5.37. The van der Waals surface area contributed by atoms with Gasteiger partial charge in [0.1, 0.15) is 25.4 Å². The molecule has 0 spiro atoms. The number of hydrogen-bond donors (Lipinski definition) is 0. The van der Waals surface area contributed by atoms with Crippen LogP contribution in [0.3, 0.4) is 0 Å². The van der Waals surface area contributed by atoms with Crippen LogP contribution in [-0.2, 0) is 28.5 Å². The highest BCUT2D eigenvalue weighted by molar-refractivity contribution is 5.72. The fraction of sp³-hybridized carbons (Fsp3) is 0.857. The highest BCUT2D eigenvalue weighted by Gasteiger charge is 2.26. The van der Waals surface area contributed by atoms with Gasteiger partial charge in [0.05, 0.1) is 19.1 Å². The van der Waals surface area contributed by atoms with Gasteiger partial charge in [-0.1, -0.05) is 13.3 Å². The molecule has 0 saturated carbocycles. The molecule has 6 heteroatoms. The van der Waals surface area contributed by atoms with Crippen LogP contribution in [-0.4, -0.2) is 50.6 Å². The van der Waals surface area contributed by atoms with Crippen LogP contribution >= 0.6 is 0 Å². The molecule has 0 aliphatic carbocycles. The first-order chi connectivity index (χ1) is 9.65. The molecular weight excluding hydrogens is 264 g/mol. The Morgan fingerprint density at radius 1 is 1.10 bits per heavy atom. The molecule has 20 heavy (non-hydrogen) atoms. The van der Waals surface area contributed by atoms with E-state index in [0.717, 1.165) is 19.3 Å². The van der Waals surface area contributed by atoms with E-state index in [9.17, 15) is 9.59 Å². The van der Waals surface area contributed by atoms with Crippen LogP contribution in [0.4, 0.5) is 0 Å². The third-order valence-corrected chi connectivity index (χ3v) is 3.32. The first-order valence-corrected chi connectivity index (χ1v) is 7.20. The lowest BCUT2D eigenvalue weighted by Crippen LogP contribution is -2.17. The van der Waals surface area contributed by atoms with Crippen molar-refractivity contribution in [3.8, 4) is 0 Å². The summed E-state index contributed by atoms with van der Waals surface area (Å²) < 4.78 is 20.1. The summed E-state index contributed by atoms with van der Waals surface area (Å²) in [6.07, 6.45) is 2.88. The van der Waals surface area contributed by atoms with E-state index >= 15 is 0 Å². The van der Waals surface area contributed by atoms with Crippen LogP contribution in [0.5, 0.6) is 0 Å². The van der Waals surface area contributed by atoms with Gasteiger partial charge in [-0.2, -0.15) is 0 Å². The summed E-state index contributed by atoms with van der Waals surface area (Å²) in [6, 6.07) is 0. The average molecular weight is 286 g/mol. The predicted octanol–water partition coefficient (Wildman–Crippen LogP) is 1.07. The molecule has 2 fully saturated rings. The monoisotopic (exact) mass is 286 g/mol. The standard InChI is InChI=1S/C14H22O6/c1-10(14(16)20-9-12-7-18-12)4-2-3-5-13(15)19-8-11-6-17-11/h10-12H,2-9H2,1H3. The Labute approximate surface area is 118 Å². The van der Waals surface area contributed by atoms with Crippen molar-refractivity contribution in [2.24, 2.45) is 5.92 Å². The van der Waals surface area contributed by atoms with Gasteiger partial charge in [-0.15, -0.1) is 0 Å². The van der Waals surface area contributed by atoms with Crippen LogP contribution in [0.15, 0.2) is 0 Å². The van der Waals surface area contributed by atoms with E-state index in [2.05, 4.69) is 0 Å². The first kappa shape index (κ1) is 15.3. The van der Waals surface area contributed by atoms with Crippen LogP contribution in [0, 0.1) is 5.92 Å². The highest BCUT2D eigenvalue weighted by atomic mass is 16.6. The van der Waals surface area contributed by atoms with E-state index in [4.69, 9.17) is 18.9 Å². The lowest BCUT2D eigenvalue weighted by atomic mass is 10.0. The van der Waals surface area contributed by atoms with Crippen molar-refractivity contribution in [2.75, 3.05) is 26.4 Å². The van der Waals surface area contributed by atoms with Gasteiger partial charge < -0.3 is 18.9 Å². The zero-order valence-electron chi connectivity index (χ0n) is 11.8. The topological polar surface area (TPSA) is 77.7 Å². The van der Waals surface area contributed by atoms with Gasteiger partial charge in [-0.3, -0.25) is 9.59 Å². The van der Waals surface area contributed by atoms with Crippen LogP contribution in [0.2, 0.25) is 0 Å². The minimum absolute atomic E-state index is 0.108.